The number of rotatable bonds is 10. The molecule has 0 aromatic heterocycles. The highest BCUT2D eigenvalue weighted by Gasteiger charge is 2.15. The van der Waals surface area contributed by atoms with E-state index in [1.54, 1.807) is 6.92 Å². The van der Waals surface area contributed by atoms with E-state index in [1.165, 1.54) is 12.5 Å². The summed E-state index contributed by atoms with van der Waals surface area (Å²) in [7, 11) is 0. The third kappa shape index (κ3) is 8.77. The van der Waals surface area contributed by atoms with E-state index >= 15 is 0 Å². The number of hydrogen-bond acceptors (Lipinski definition) is 4. The molecule has 0 aliphatic rings. The normalized spacial score (nSPS) is 15.0. The molecular weight excluding hydrogens is 266 g/mol. The molecule has 0 aromatic carbocycles. The van der Waals surface area contributed by atoms with Gasteiger partial charge in [0.05, 0.1) is 11.9 Å². The lowest BCUT2D eigenvalue weighted by molar-refractivity contribution is -0.138. The summed E-state index contributed by atoms with van der Waals surface area (Å²) in [4.78, 5) is 11.3. The van der Waals surface area contributed by atoms with Crippen LogP contribution in [0, 0.1) is 0 Å². The topological polar surface area (TPSA) is 89.6 Å². The number of carbonyl (C=O) groups is 1. The Bertz CT molecular complexity index is 318. The second kappa shape index (κ2) is 11.0. The standard InChI is InChI=1S/C13H25NO4S/c1-3-5-6-7-8-9-11(19(16)17)10-12(14)13(15)18-4-2/h10-11H,3-9,14H2,1-2H3,(H,16,17). The molecule has 0 saturated carbocycles. The van der Waals surface area contributed by atoms with Crippen molar-refractivity contribution in [3.63, 3.8) is 0 Å². The van der Waals surface area contributed by atoms with Gasteiger partial charge in [-0.25, -0.2) is 9.00 Å². The Morgan fingerprint density at radius 2 is 1.95 bits per heavy atom. The van der Waals surface area contributed by atoms with Gasteiger partial charge < -0.3 is 15.0 Å². The van der Waals surface area contributed by atoms with Crippen LogP contribution < -0.4 is 5.73 Å². The molecule has 6 heteroatoms. The number of unbranched alkanes of at least 4 members (excludes halogenated alkanes) is 4. The van der Waals surface area contributed by atoms with Gasteiger partial charge in [-0.2, -0.15) is 0 Å². The van der Waals surface area contributed by atoms with Crippen molar-refractivity contribution >= 4 is 17.0 Å². The number of carbonyl (C=O) groups excluding carboxylic acids is 1. The summed E-state index contributed by atoms with van der Waals surface area (Å²) in [5, 5.41) is -0.606. The summed E-state index contributed by atoms with van der Waals surface area (Å²) in [6.07, 6.45) is 7.22. The molecule has 0 aliphatic carbocycles. The van der Waals surface area contributed by atoms with Crippen molar-refractivity contribution in [1.82, 2.24) is 0 Å². The molecule has 3 N–H and O–H groups in total. The fourth-order valence-electron chi connectivity index (χ4n) is 1.67. The van der Waals surface area contributed by atoms with Crippen LogP contribution in [-0.4, -0.2) is 26.6 Å². The second-order valence-corrected chi connectivity index (χ2v) is 5.52. The molecule has 5 nitrogen and oxygen atoms in total. The van der Waals surface area contributed by atoms with Gasteiger partial charge in [0.2, 0.25) is 0 Å². The molecule has 2 atom stereocenters. The molecule has 0 radical (unpaired) electrons. The molecule has 0 aliphatic heterocycles. The summed E-state index contributed by atoms with van der Waals surface area (Å²) in [6, 6.07) is 0. The van der Waals surface area contributed by atoms with E-state index < -0.39 is 22.3 Å². The molecule has 0 aromatic rings. The average Bonchev–Trinajstić information content (AvgIpc) is 2.36. The molecule has 0 amide bonds. The molecule has 0 heterocycles. The number of hydrogen-bond donors (Lipinski definition) is 2. The maximum atomic E-state index is 11.3. The van der Waals surface area contributed by atoms with Gasteiger partial charge in [-0.1, -0.05) is 39.0 Å². The predicted octanol–water partition coefficient (Wildman–Crippen LogP) is 2.34. The number of nitrogens with two attached hydrogens (primary N) is 1. The van der Waals surface area contributed by atoms with Crippen molar-refractivity contribution in [3.05, 3.63) is 11.8 Å². The fourth-order valence-corrected chi connectivity index (χ4v) is 2.31. The Kier molecular flexibility index (Phi) is 10.5. The Balaban J connectivity index is 4.28. The highest BCUT2D eigenvalue weighted by atomic mass is 32.2. The molecule has 0 rings (SSSR count). The van der Waals surface area contributed by atoms with Gasteiger partial charge in [0.25, 0.3) is 0 Å². The summed E-state index contributed by atoms with van der Waals surface area (Å²) in [6.45, 7) is 4.05. The second-order valence-electron chi connectivity index (χ2n) is 4.36. The maximum Gasteiger partial charge on any atom is 0.353 e. The van der Waals surface area contributed by atoms with Crippen LogP contribution in [0.4, 0.5) is 0 Å². The summed E-state index contributed by atoms with van der Waals surface area (Å²) >= 11 is -2.02. The van der Waals surface area contributed by atoms with E-state index in [4.69, 9.17) is 10.5 Å². The van der Waals surface area contributed by atoms with Crippen LogP contribution in [-0.2, 0) is 20.6 Å². The third-order valence-electron chi connectivity index (χ3n) is 2.73. The van der Waals surface area contributed by atoms with Crippen molar-refractivity contribution in [3.8, 4) is 0 Å². The van der Waals surface area contributed by atoms with E-state index in [-0.39, 0.29) is 12.3 Å². The van der Waals surface area contributed by atoms with Crippen LogP contribution in [0.25, 0.3) is 0 Å². The molecule has 112 valence electrons. The fraction of sp³-hybridized carbons (Fsp3) is 0.769. The quantitative estimate of drug-likeness (QED) is 0.279. The molecule has 19 heavy (non-hydrogen) atoms. The average molecular weight is 291 g/mol. The van der Waals surface area contributed by atoms with Crippen LogP contribution in [0.1, 0.15) is 52.4 Å². The molecule has 0 spiro atoms. The van der Waals surface area contributed by atoms with E-state index in [0.29, 0.717) is 6.42 Å². The van der Waals surface area contributed by atoms with Crippen LogP contribution in [0.3, 0.4) is 0 Å². The smallest absolute Gasteiger partial charge is 0.353 e. The predicted molar refractivity (Wildman–Crippen MR) is 76.8 cm³/mol. The molecule has 0 bridgehead atoms. The van der Waals surface area contributed by atoms with E-state index in [0.717, 1.165) is 25.7 Å². The summed E-state index contributed by atoms with van der Waals surface area (Å²) in [5.74, 6) is -0.635. The lowest BCUT2D eigenvalue weighted by Crippen LogP contribution is -2.20. The van der Waals surface area contributed by atoms with Gasteiger partial charge in [-0.3, -0.25) is 0 Å². The first kappa shape index (κ1) is 18.1. The molecule has 0 fully saturated rings. The van der Waals surface area contributed by atoms with Gasteiger partial charge in [-0.05, 0) is 19.4 Å². The van der Waals surface area contributed by atoms with Gasteiger partial charge >= 0.3 is 5.97 Å². The Labute approximate surface area is 117 Å². The van der Waals surface area contributed by atoms with Crippen molar-refractivity contribution in [2.45, 2.75) is 57.6 Å². The van der Waals surface area contributed by atoms with E-state index in [2.05, 4.69) is 6.92 Å². The van der Waals surface area contributed by atoms with Crippen LogP contribution in [0.2, 0.25) is 0 Å². The zero-order chi connectivity index (χ0) is 14.7. The minimum Gasteiger partial charge on any atom is -0.461 e. The molecule has 2 unspecified atom stereocenters. The summed E-state index contributed by atoms with van der Waals surface area (Å²) < 4.78 is 25.1. The highest BCUT2D eigenvalue weighted by Crippen LogP contribution is 2.12. The molecular formula is C13H25NO4S. The number of ether oxygens (including phenoxy) is 1. The van der Waals surface area contributed by atoms with Gasteiger partial charge in [-0.15, -0.1) is 0 Å². The SMILES string of the molecule is CCCCCCCC(C=C(N)C(=O)OCC)S(=O)O. The van der Waals surface area contributed by atoms with Crippen LogP contribution in [0.5, 0.6) is 0 Å². The summed E-state index contributed by atoms with van der Waals surface area (Å²) in [5.41, 5.74) is 5.44. The van der Waals surface area contributed by atoms with Crippen molar-refractivity contribution in [2.24, 2.45) is 5.73 Å². The Morgan fingerprint density at radius 3 is 2.47 bits per heavy atom. The monoisotopic (exact) mass is 291 g/mol. The van der Waals surface area contributed by atoms with Gasteiger partial charge in [0.1, 0.15) is 5.70 Å². The van der Waals surface area contributed by atoms with Gasteiger partial charge in [0.15, 0.2) is 11.1 Å². The van der Waals surface area contributed by atoms with Crippen molar-refractivity contribution in [2.75, 3.05) is 6.61 Å². The Hall–Kier alpha value is -0.880. The maximum absolute atomic E-state index is 11.3. The zero-order valence-corrected chi connectivity index (χ0v) is 12.6. The van der Waals surface area contributed by atoms with Crippen LogP contribution >= 0.6 is 0 Å². The van der Waals surface area contributed by atoms with E-state index in [1.807, 2.05) is 0 Å². The number of esters is 1. The lowest BCUT2D eigenvalue weighted by Gasteiger charge is -2.10. The Morgan fingerprint density at radius 1 is 1.32 bits per heavy atom. The minimum absolute atomic E-state index is 0.0946. The van der Waals surface area contributed by atoms with Crippen molar-refractivity contribution < 1.29 is 18.3 Å². The first-order valence-electron chi connectivity index (χ1n) is 6.77. The van der Waals surface area contributed by atoms with Gasteiger partial charge in [0, 0.05) is 0 Å². The minimum atomic E-state index is -2.02. The highest BCUT2D eigenvalue weighted by molar-refractivity contribution is 7.80. The van der Waals surface area contributed by atoms with E-state index in [9.17, 15) is 13.6 Å². The first-order chi connectivity index (χ1) is 9.02. The van der Waals surface area contributed by atoms with Crippen molar-refractivity contribution in [1.29, 1.82) is 0 Å². The first-order valence-corrected chi connectivity index (χ1v) is 7.93. The largest absolute Gasteiger partial charge is 0.461 e. The lowest BCUT2D eigenvalue weighted by atomic mass is 10.1. The third-order valence-corrected chi connectivity index (χ3v) is 3.62. The zero-order valence-electron chi connectivity index (χ0n) is 11.8. The van der Waals surface area contributed by atoms with Crippen LogP contribution in [0.15, 0.2) is 11.8 Å². The molecule has 0 saturated heterocycles.